The Balaban J connectivity index is 1.29. The summed E-state index contributed by atoms with van der Waals surface area (Å²) < 4.78 is 5.10. The molecule has 3 heterocycles. The van der Waals surface area contributed by atoms with Crippen molar-refractivity contribution in [2.24, 2.45) is 5.92 Å². The molecule has 2 amide bonds. The minimum Gasteiger partial charge on any atom is -0.355 e. The Morgan fingerprint density at radius 2 is 1.83 bits per heavy atom. The molecule has 0 spiro atoms. The van der Waals surface area contributed by atoms with Crippen molar-refractivity contribution < 1.29 is 14.1 Å². The second-order valence-corrected chi connectivity index (χ2v) is 8.99. The SMILES string of the molecule is CC(=O)NC[C@@H]1CC[C@H](CC(=O)N2CCC(c3noc(C)n3)CC2)N1CC1CC1. The zero-order valence-electron chi connectivity index (χ0n) is 17.6. The van der Waals surface area contributed by atoms with Gasteiger partial charge in [0, 0.05) is 64.4 Å². The van der Waals surface area contributed by atoms with Gasteiger partial charge in [0.1, 0.15) is 0 Å². The number of hydrogen-bond donors (Lipinski definition) is 1. The monoisotopic (exact) mass is 403 g/mol. The van der Waals surface area contributed by atoms with Gasteiger partial charge < -0.3 is 14.7 Å². The first-order valence-corrected chi connectivity index (χ1v) is 11.1. The molecular formula is C21H33N5O3. The molecule has 0 bridgehead atoms. The molecule has 1 aromatic rings. The van der Waals surface area contributed by atoms with E-state index in [4.69, 9.17) is 4.52 Å². The Hall–Kier alpha value is -1.96. The summed E-state index contributed by atoms with van der Waals surface area (Å²) in [5.41, 5.74) is 0. The molecule has 160 valence electrons. The second kappa shape index (κ2) is 8.81. The lowest BCUT2D eigenvalue weighted by molar-refractivity contribution is -0.133. The van der Waals surface area contributed by atoms with Gasteiger partial charge >= 0.3 is 0 Å². The van der Waals surface area contributed by atoms with E-state index in [1.54, 1.807) is 6.92 Å². The highest BCUT2D eigenvalue weighted by atomic mass is 16.5. The number of rotatable bonds is 7. The third-order valence-electron chi connectivity index (χ3n) is 6.69. The number of nitrogens with one attached hydrogen (secondary N) is 1. The summed E-state index contributed by atoms with van der Waals surface area (Å²) in [6, 6.07) is 0.670. The number of aromatic nitrogens is 2. The van der Waals surface area contributed by atoms with Crippen molar-refractivity contribution >= 4 is 11.8 Å². The number of carbonyl (C=O) groups is 2. The zero-order chi connectivity index (χ0) is 20.4. The van der Waals surface area contributed by atoms with E-state index in [1.807, 2.05) is 11.8 Å². The van der Waals surface area contributed by atoms with Crippen molar-refractivity contribution in [3.63, 3.8) is 0 Å². The standard InChI is InChI=1S/C21H33N5O3/c1-14(27)22-12-19-6-5-18(26(19)13-16-3-4-16)11-20(28)25-9-7-17(8-10-25)21-23-15(2)29-24-21/h16-19H,3-13H2,1-2H3,(H,22,27)/t18-,19+/m1/s1. The first-order valence-electron chi connectivity index (χ1n) is 11.1. The predicted molar refractivity (Wildman–Crippen MR) is 107 cm³/mol. The Morgan fingerprint density at radius 3 is 2.45 bits per heavy atom. The molecule has 4 rings (SSSR count). The maximum Gasteiger partial charge on any atom is 0.224 e. The Bertz CT molecular complexity index is 724. The van der Waals surface area contributed by atoms with Gasteiger partial charge in [-0.15, -0.1) is 0 Å². The normalized spacial score (nSPS) is 26.1. The van der Waals surface area contributed by atoms with Crippen LogP contribution in [-0.2, 0) is 9.59 Å². The number of likely N-dealkylation sites (tertiary alicyclic amines) is 2. The molecule has 29 heavy (non-hydrogen) atoms. The molecule has 8 nitrogen and oxygen atoms in total. The molecule has 1 aliphatic carbocycles. The van der Waals surface area contributed by atoms with Crippen molar-refractivity contribution in [3.8, 4) is 0 Å². The number of nitrogens with zero attached hydrogens (tertiary/aromatic N) is 4. The van der Waals surface area contributed by atoms with Crippen LogP contribution in [0.15, 0.2) is 4.52 Å². The van der Waals surface area contributed by atoms with Gasteiger partial charge in [-0.1, -0.05) is 5.16 Å². The van der Waals surface area contributed by atoms with Crippen LogP contribution in [-0.4, -0.2) is 70.0 Å². The number of piperidine rings is 1. The van der Waals surface area contributed by atoms with Gasteiger partial charge in [0.05, 0.1) is 0 Å². The number of carbonyl (C=O) groups excluding carboxylic acids is 2. The summed E-state index contributed by atoms with van der Waals surface area (Å²) in [6.07, 6.45) is 7.08. The van der Waals surface area contributed by atoms with Crippen molar-refractivity contribution in [2.75, 3.05) is 26.2 Å². The Kier molecular flexibility index (Phi) is 6.18. The van der Waals surface area contributed by atoms with Gasteiger partial charge in [-0.25, -0.2) is 0 Å². The van der Waals surface area contributed by atoms with Gasteiger partial charge in [-0.3, -0.25) is 14.5 Å². The average molecular weight is 404 g/mol. The van der Waals surface area contributed by atoms with Crippen LogP contribution in [0.5, 0.6) is 0 Å². The van der Waals surface area contributed by atoms with Gasteiger partial charge in [-0.05, 0) is 44.4 Å². The van der Waals surface area contributed by atoms with Crippen LogP contribution in [0.4, 0.5) is 0 Å². The van der Waals surface area contributed by atoms with Crippen molar-refractivity contribution in [3.05, 3.63) is 11.7 Å². The second-order valence-electron chi connectivity index (χ2n) is 8.99. The maximum atomic E-state index is 13.0. The van der Waals surface area contributed by atoms with Crippen molar-refractivity contribution in [1.82, 2.24) is 25.3 Å². The molecule has 0 unspecified atom stereocenters. The smallest absolute Gasteiger partial charge is 0.224 e. The van der Waals surface area contributed by atoms with Crippen LogP contribution in [0, 0.1) is 12.8 Å². The summed E-state index contributed by atoms with van der Waals surface area (Å²) >= 11 is 0. The minimum atomic E-state index is 0.0237. The molecule has 2 atom stereocenters. The summed E-state index contributed by atoms with van der Waals surface area (Å²) in [5, 5.41) is 7.02. The molecular weight excluding hydrogens is 370 g/mol. The van der Waals surface area contributed by atoms with Crippen molar-refractivity contribution in [1.29, 1.82) is 0 Å². The van der Waals surface area contributed by atoms with Crippen LogP contribution in [0.1, 0.15) is 69.5 Å². The van der Waals surface area contributed by atoms with Crippen molar-refractivity contribution in [2.45, 2.75) is 76.8 Å². The first-order chi connectivity index (χ1) is 14.0. The van der Waals surface area contributed by atoms with E-state index in [0.29, 0.717) is 30.9 Å². The largest absolute Gasteiger partial charge is 0.355 e. The van der Waals surface area contributed by atoms with Gasteiger partial charge in [0.15, 0.2) is 5.82 Å². The molecule has 2 aliphatic heterocycles. The highest BCUT2D eigenvalue weighted by Gasteiger charge is 2.39. The summed E-state index contributed by atoms with van der Waals surface area (Å²) in [7, 11) is 0. The summed E-state index contributed by atoms with van der Waals surface area (Å²) in [4.78, 5) is 33.2. The fraction of sp³-hybridized carbons (Fsp3) is 0.810. The Labute approximate surface area is 172 Å². The van der Waals surface area contributed by atoms with E-state index in [0.717, 1.165) is 57.1 Å². The average Bonchev–Trinajstić information content (AvgIpc) is 3.30. The highest BCUT2D eigenvalue weighted by molar-refractivity contribution is 5.77. The van der Waals surface area contributed by atoms with E-state index in [-0.39, 0.29) is 17.7 Å². The molecule has 1 N–H and O–H groups in total. The molecule has 2 saturated heterocycles. The molecule has 0 aromatic carbocycles. The third-order valence-corrected chi connectivity index (χ3v) is 6.69. The lowest BCUT2D eigenvalue weighted by Gasteiger charge is -2.34. The van der Waals surface area contributed by atoms with E-state index < -0.39 is 0 Å². The fourth-order valence-electron chi connectivity index (χ4n) is 4.81. The molecule has 3 aliphatic rings. The van der Waals surface area contributed by atoms with Gasteiger partial charge in [0.2, 0.25) is 17.7 Å². The molecule has 1 aromatic heterocycles. The number of aryl methyl sites for hydroxylation is 1. The Morgan fingerprint density at radius 1 is 1.10 bits per heavy atom. The fourth-order valence-corrected chi connectivity index (χ4v) is 4.81. The topological polar surface area (TPSA) is 91.6 Å². The number of hydrogen-bond acceptors (Lipinski definition) is 6. The molecule has 1 saturated carbocycles. The van der Waals surface area contributed by atoms with E-state index in [9.17, 15) is 9.59 Å². The molecule has 0 radical (unpaired) electrons. The molecule has 3 fully saturated rings. The molecule has 8 heteroatoms. The predicted octanol–water partition coefficient (Wildman–Crippen LogP) is 1.85. The third kappa shape index (κ3) is 5.15. The summed E-state index contributed by atoms with van der Waals surface area (Å²) in [5.74, 6) is 2.73. The van der Waals surface area contributed by atoms with E-state index in [1.165, 1.54) is 12.8 Å². The lowest BCUT2D eigenvalue weighted by atomic mass is 9.95. The summed E-state index contributed by atoms with van der Waals surface area (Å²) in [6.45, 7) is 6.68. The van der Waals surface area contributed by atoms with Crippen LogP contribution in [0.3, 0.4) is 0 Å². The quantitative estimate of drug-likeness (QED) is 0.747. The van der Waals surface area contributed by atoms with Crippen LogP contribution < -0.4 is 5.32 Å². The zero-order valence-corrected chi connectivity index (χ0v) is 17.6. The van der Waals surface area contributed by atoms with E-state index >= 15 is 0 Å². The minimum absolute atomic E-state index is 0.0237. The maximum absolute atomic E-state index is 13.0. The van der Waals surface area contributed by atoms with Gasteiger partial charge in [-0.2, -0.15) is 4.98 Å². The van der Waals surface area contributed by atoms with Crippen LogP contribution in [0.25, 0.3) is 0 Å². The van der Waals surface area contributed by atoms with Gasteiger partial charge in [0.25, 0.3) is 0 Å². The first kappa shape index (κ1) is 20.3. The van der Waals surface area contributed by atoms with Crippen LogP contribution in [0.2, 0.25) is 0 Å². The lowest BCUT2D eigenvalue weighted by Crippen LogP contribution is -2.46. The van der Waals surface area contributed by atoms with Crippen LogP contribution >= 0.6 is 0 Å². The van der Waals surface area contributed by atoms with E-state index in [2.05, 4.69) is 20.4 Å². The number of amides is 2. The highest BCUT2D eigenvalue weighted by Crippen LogP contribution is 2.35.